The maximum Gasteiger partial charge on any atom is 0.294 e. The quantitative estimate of drug-likeness (QED) is 0.418. The van der Waals surface area contributed by atoms with Crippen LogP contribution in [0.15, 0.2) is 18.2 Å². The predicted molar refractivity (Wildman–Crippen MR) is 76.6 cm³/mol. The molecule has 1 aromatic carbocycles. The van der Waals surface area contributed by atoms with Crippen LogP contribution in [0.1, 0.15) is 23.2 Å². The number of nitrogens with zero attached hydrogens (tertiary/aromatic N) is 2. The third-order valence-electron chi connectivity index (χ3n) is 3.71. The third kappa shape index (κ3) is 3.29. The molecule has 1 aliphatic rings. The topological polar surface area (TPSA) is 122 Å². The van der Waals surface area contributed by atoms with Gasteiger partial charge in [-0.25, -0.2) is 0 Å². The molecule has 8 heteroatoms. The first-order chi connectivity index (χ1) is 10.1. The third-order valence-corrected chi connectivity index (χ3v) is 3.71. The van der Waals surface area contributed by atoms with Gasteiger partial charge in [-0.1, -0.05) is 0 Å². The summed E-state index contributed by atoms with van der Waals surface area (Å²) in [6, 6.07) is 4.17. The lowest BCUT2D eigenvalue weighted by molar-refractivity contribution is -0.384. The van der Waals surface area contributed by atoms with Crippen molar-refractivity contribution in [1.82, 2.24) is 4.90 Å². The number of nitrogen functional groups attached to an aromatic ring is 1. The number of amides is 1. The molecule has 1 amide bonds. The van der Waals surface area contributed by atoms with Crippen LogP contribution in [0.2, 0.25) is 0 Å². The number of nitrogens with two attached hydrogens (primary N) is 1. The number of carbonyl (C=O) groups excluding carboxylic acids is 1. The highest BCUT2D eigenvalue weighted by atomic mass is 16.6. The Balaban J connectivity index is 2.17. The minimum absolute atomic E-state index is 0.106. The molecule has 1 unspecified atom stereocenters. The molecule has 0 spiro atoms. The standard InChI is InChI=1S/C13H18N4O4/c14-15-11-2-1-10(7-12(11)17(20)21)13(19)16-5-3-9(8-16)4-6-18/h1-2,7,9,15,18H,3-6,8,14H2. The van der Waals surface area contributed by atoms with Gasteiger partial charge >= 0.3 is 0 Å². The summed E-state index contributed by atoms with van der Waals surface area (Å²) in [4.78, 5) is 24.4. The van der Waals surface area contributed by atoms with Crippen LogP contribution in [0.4, 0.5) is 11.4 Å². The Morgan fingerprint density at radius 3 is 2.95 bits per heavy atom. The van der Waals surface area contributed by atoms with E-state index in [0.717, 1.165) is 6.42 Å². The van der Waals surface area contributed by atoms with E-state index in [2.05, 4.69) is 5.43 Å². The molecule has 21 heavy (non-hydrogen) atoms. The summed E-state index contributed by atoms with van der Waals surface area (Å²) in [5.74, 6) is 5.27. The smallest absolute Gasteiger partial charge is 0.294 e. The van der Waals surface area contributed by atoms with Crippen molar-refractivity contribution in [3.05, 3.63) is 33.9 Å². The summed E-state index contributed by atoms with van der Waals surface area (Å²) >= 11 is 0. The van der Waals surface area contributed by atoms with Crippen LogP contribution in [-0.2, 0) is 0 Å². The Morgan fingerprint density at radius 2 is 2.33 bits per heavy atom. The largest absolute Gasteiger partial charge is 0.396 e. The van der Waals surface area contributed by atoms with Crippen molar-refractivity contribution in [2.45, 2.75) is 12.8 Å². The number of likely N-dealkylation sites (tertiary alicyclic amines) is 1. The van der Waals surface area contributed by atoms with Crippen LogP contribution in [0.5, 0.6) is 0 Å². The lowest BCUT2D eigenvalue weighted by Crippen LogP contribution is -2.29. The van der Waals surface area contributed by atoms with Crippen molar-refractivity contribution in [3.8, 4) is 0 Å². The number of hydrazine groups is 1. The molecule has 0 aliphatic carbocycles. The fourth-order valence-electron chi connectivity index (χ4n) is 2.56. The average Bonchev–Trinajstić information content (AvgIpc) is 2.94. The van der Waals surface area contributed by atoms with Crippen molar-refractivity contribution in [3.63, 3.8) is 0 Å². The zero-order valence-electron chi connectivity index (χ0n) is 11.5. The molecule has 0 bridgehead atoms. The molecule has 8 nitrogen and oxygen atoms in total. The van der Waals surface area contributed by atoms with Crippen LogP contribution in [-0.4, -0.2) is 40.5 Å². The van der Waals surface area contributed by atoms with Crippen molar-refractivity contribution in [2.75, 3.05) is 25.1 Å². The number of carbonyl (C=O) groups is 1. The number of rotatable bonds is 5. The van der Waals surface area contributed by atoms with E-state index in [1.165, 1.54) is 18.2 Å². The maximum atomic E-state index is 12.4. The van der Waals surface area contributed by atoms with Crippen molar-refractivity contribution in [1.29, 1.82) is 0 Å². The Morgan fingerprint density at radius 1 is 1.57 bits per heavy atom. The van der Waals surface area contributed by atoms with Crippen LogP contribution in [0.3, 0.4) is 0 Å². The van der Waals surface area contributed by atoms with E-state index in [9.17, 15) is 14.9 Å². The summed E-state index contributed by atoms with van der Waals surface area (Å²) in [7, 11) is 0. The summed E-state index contributed by atoms with van der Waals surface area (Å²) in [6.07, 6.45) is 1.51. The average molecular weight is 294 g/mol. The van der Waals surface area contributed by atoms with E-state index in [-0.39, 0.29) is 29.5 Å². The summed E-state index contributed by atoms with van der Waals surface area (Å²) < 4.78 is 0. The number of benzene rings is 1. The number of nitro groups is 1. The number of aliphatic hydroxyl groups excluding tert-OH is 1. The number of anilines is 1. The molecule has 1 aromatic rings. The lowest BCUT2D eigenvalue weighted by Gasteiger charge is -2.16. The van der Waals surface area contributed by atoms with Crippen LogP contribution in [0, 0.1) is 16.0 Å². The number of nitrogens with one attached hydrogen (secondary N) is 1. The first kappa shape index (κ1) is 15.2. The fourth-order valence-corrected chi connectivity index (χ4v) is 2.56. The van der Waals surface area contributed by atoms with E-state index in [1.54, 1.807) is 4.90 Å². The Hall–Kier alpha value is -2.19. The number of hydrogen-bond acceptors (Lipinski definition) is 6. The monoisotopic (exact) mass is 294 g/mol. The van der Waals surface area contributed by atoms with Crippen molar-refractivity contribution < 1.29 is 14.8 Å². The molecule has 1 heterocycles. The van der Waals surface area contributed by atoms with Crippen LogP contribution in [0.25, 0.3) is 0 Å². The van der Waals surface area contributed by atoms with Gasteiger partial charge in [-0.15, -0.1) is 0 Å². The first-order valence-corrected chi connectivity index (χ1v) is 6.72. The highest BCUT2D eigenvalue weighted by molar-refractivity contribution is 5.95. The van der Waals surface area contributed by atoms with Gasteiger partial charge < -0.3 is 15.4 Å². The molecule has 4 N–H and O–H groups in total. The Labute approximate surface area is 121 Å². The molecule has 114 valence electrons. The highest BCUT2D eigenvalue weighted by Gasteiger charge is 2.27. The molecule has 1 atom stereocenters. The van der Waals surface area contributed by atoms with E-state index in [1.807, 2.05) is 0 Å². The van der Waals surface area contributed by atoms with E-state index >= 15 is 0 Å². The Bertz CT molecular complexity index is 549. The number of aliphatic hydroxyl groups is 1. The highest BCUT2D eigenvalue weighted by Crippen LogP contribution is 2.27. The Kier molecular flexibility index (Phi) is 4.71. The summed E-state index contributed by atoms with van der Waals surface area (Å²) in [5, 5.41) is 19.9. The van der Waals surface area contributed by atoms with Crippen LogP contribution >= 0.6 is 0 Å². The van der Waals surface area contributed by atoms with Gasteiger partial charge in [0, 0.05) is 31.3 Å². The maximum absolute atomic E-state index is 12.4. The molecule has 1 aliphatic heterocycles. The lowest BCUT2D eigenvalue weighted by atomic mass is 10.1. The molecule has 0 saturated carbocycles. The van der Waals surface area contributed by atoms with E-state index < -0.39 is 4.92 Å². The fraction of sp³-hybridized carbons (Fsp3) is 0.462. The molecule has 1 fully saturated rings. The second-order valence-electron chi connectivity index (χ2n) is 5.05. The van der Waals surface area contributed by atoms with Gasteiger partial charge in [0.05, 0.1) is 4.92 Å². The second-order valence-corrected chi connectivity index (χ2v) is 5.05. The van der Waals surface area contributed by atoms with Crippen molar-refractivity contribution >= 4 is 17.3 Å². The first-order valence-electron chi connectivity index (χ1n) is 6.72. The summed E-state index contributed by atoms with van der Waals surface area (Å²) in [6.45, 7) is 1.29. The zero-order chi connectivity index (χ0) is 15.4. The van der Waals surface area contributed by atoms with Gasteiger partial charge in [-0.3, -0.25) is 20.8 Å². The van der Waals surface area contributed by atoms with Crippen molar-refractivity contribution in [2.24, 2.45) is 11.8 Å². The predicted octanol–water partition coefficient (Wildman–Crippen LogP) is 0.725. The molecular formula is C13H18N4O4. The number of hydrogen-bond donors (Lipinski definition) is 3. The zero-order valence-corrected chi connectivity index (χ0v) is 11.5. The summed E-state index contributed by atoms with van der Waals surface area (Å²) in [5.41, 5.74) is 2.45. The van der Waals surface area contributed by atoms with Gasteiger partial charge in [0.1, 0.15) is 5.69 Å². The van der Waals surface area contributed by atoms with E-state index in [0.29, 0.717) is 25.4 Å². The normalized spacial score (nSPS) is 17.8. The second kappa shape index (κ2) is 6.51. The van der Waals surface area contributed by atoms with Gasteiger partial charge in [0.25, 0.3) is 11.6 Å². The van der Waals surface area contributed by atoms with Gasteiger partial charge in [0.15, 0.2) is 0 Å². The minimum Gasteiger partial charge on any atom is -0.396 e. The van der Waals surface area contributed by atoms with E-state index in [4.69, 9.17) is 10.9 Å². The number of nitro benzene ring substituents is 1. The van der Waals surface area contributed by atoms with Gasteiger partial charge in [-0.05, 0) is 30.9 Å². The van der Waals surface area contributed by atoms with Gasteiger partial charge in [-0.2, -0.15) is 0 Å². The molecule has 0 radical (unpaired) electrons. The molecule has 1 saturated heterocycles. The van der Waals surface area contributed by atoms with Crippen LogP contribution < -0.4 is 11.3 Å². The van der Waals surface area contributed by atoms with Gasteiger partial charge in [0.2, 0.25) is 0 Å². The SMILES string of the molecule is NNc1ccc(C(=O)N2CCC(CCO)C2)cc1[N+](=O)[O-]. The molecular weight excluding hydrogens is 276 g/mol. The molecule has 0 aromatic heterocycles. The molecule has 2 rings (SSSR count). The minimum atomic E-state index is -0.579.